The molecule has 3 aliphatic carbocycles. The second kappa shape index (κ2) is 7.79. The average molecular weight is 491 g/mol. The number of primary amides is 1. The van der Waals surface area contributed by atoms with Crippen LogP contribution in [0, 0.1) is 11.8 Å². The second-order valence-corrected chi connectivity index (χ2v) is 9.28. The number of rotatable bonds is 3. The molecular formula is C26H21NO9. The molecule has 0 aliphatic heterocycles. The van der Waals surface area contributed by atoms with Gasteiger partial charge in [-0.25, -0.2) is 0 Å². The van der Waals surface area contributed by atoms with E-state index in [1.165, 1.54) is 18.2 Å². The molecule has 3 atom stereocenters. The number of carbonyl (C=O) groups is 4. The largest absolute Gasteiger partial charge is 0.508 e. The number of phenolic OH excluding ortho intramolecular Hbond substituents is 2. The van der Waals surface area contributed by atoms with E-state index in [1.807, 2.05) is 0 Å². The molecule has 36 heavy (non-hydrogen) atoms. The summed E-state index contributed by atoms with van der Waals surface area (Å²) in [5, 5.41) is 53.5. The number of hydrogen-bond donors (Lipinski definition) is 6. The number of aldehydes is 1. The monoisotopic (exact) mass is 491 g/mol. The first-order valence-corrected chi connectivity index (χ1v) is 11.1. The maximum absolute atomic E-state index is 13.5. The Balaban J connectivity index is 1.71. The number of phenols is 2. The van der Waals surface area contributed by atoms with E-state index in [4.69, 9.17) is 5.73 Å². The zero-order valence-electron chi connectivity index (χ0n) is 18.7. The first-order valence-electron chi connectivity index (χ1n) is 11.1. The Kier molecular flexibility index (Phi) is 5.04. The molecule has 10 nitrogen and oxygen atoms in total. The molecule has 0 heterocycles. The zero-order valence-corrected chi connectivity index (χ0v) is 18.7. The van der Waals surface area contributed by atoms with Crippen molar-refractivity contribution in [2.24, 2.45) is 17.6 Å². The summed E-state index contributed by atoms with van der Waals surface area (Å²) in [6, 6.07) is 7.22. The minimum Gasteiger partial charge on any atom is -0.508 e. The number of aliphatic hydroxyl groups excluding tert-OH is 2. The Hall–Kier alpha value is -4.44. The van der Waals surface area contributed by atoms with Gasteiger partial charge in [0.05, 0.1) is 11.1 Å². The zero-order chi connectivity index (χ0) is 26.1. The van der Waals surface area contributed by atoms with Gasteiger partial charge in [0.1, 0.15) is 28.6 Å². The van der Waals surface area contributed by atoms with Crippen LogP contribution in [0.1, 0.15) is 34.3 Å². The molecule has 3 aliphatic rings. The highest BCUT2D eigenvalue weighted by Gasteiger charge is 2.60. The van der Waals surface area contributed by atoms with Gasteiger partial charge in [0.2, 0.25) is 5.78 Å². The maximum atomic E-state index is 13.5. The number of nitrogens with two attached hydrogens (primary N) is 1. The third kappa shape index (κ3) is 3.01. The standard InChI is InChI=1S/C26H21NO9/c27-25(35)21-18(31)8-13-6-11-7-15-14(10-1-3-16(29)12(5-10)9-28)2-4-17(30)20(15)22(32)19(11)23(33)26(13,36)24(21)34/h1-5,9,11,13,29-30,32,34,36H,6-8H2,(H2,27,35)/t11-,13+,26+/m1/s1. The lowest BCUT2D eigenvalue weighted by molar-refractivity contribution is -0.147. The summed E-state index contributed by atoms with van der Waals surface area (Å²) in [6.45, 7) is 0. The van der Waals surface area contributed by atoms with Gasteiger partial charge in [-0.2, -0.15) is 0 Å². The van der Waals surface area contributed by atoms with Crippen LogP contribution in [0.5, 0.6) is 11.5 Å². The lowest BCUT2D eigenvalue weighted by Gasteiger charge is -2.46. The number of Topliss-reactive ketones (excluding diaryl/α,β-unsaturated/α-hetero) is 2. The van der Waals surface area contributed by atoms with E-state index in [2.05, 4.69) is 0 Å². The molecule has 0 saturated heterocycles. The second-order valence-electron chi connectivity index (χ2n) is 9.28. The van der Waals surface area contributed by atoms with Crippen molar-refractivity contribution in [1.29, 1.82) is 0 Å². The number of amides is 1. The minimum absolute atomic E-state index is 0.00712. The highest BCUT2D eigenvalue weighted by Crippen LogP contribution is 2.53. The van der Waals surface area contributed by atoms with Crippen LogP contribution in [0.3, 0.4) is 0 Å². The third-order valence-corrected chi connectivity index (χ3v) is 7.41. The van der Waals surface area contributed by atoms with Crippen LogP contribution in [0.4, 0.5) is 0 Å². The molecule has 0 unspecified atom stereocenters. The SMILES string of the molecule is NC(=O)C1=C(O)[C@@]2(O)C(=O)C3=C(O)c4c(O)ccc(-c5ccc(O)c(C=O)c5)c4C[C@H]3C[C@H]2CC1=O. The van der Waals surface area contributed by atoms with E-state index in [0.717, 1.165) is 0 Å². The Labute approximate surface area is 203 Å². The topological polar surface area (TPSA) is 195 Å². The summed E-state index contributed by atoms with van der Waals surface area (Å²) in [6.07, 6.45) is 0.209. The predicted octanol–water partition coefficient (Wildman–Crippen LogP) is 1.61. The molecule has 1 fully saturated rings. The summed E-state index contributed by atoms with van der Waals surface area (Å²) in [7, 11) is 0. The molecule has 0 aromatic heterocycles. The van der Waals surface area contributed by atoms with Crippen molar-refractivity contribution in [3.05, 3.63) is 63.9 Å². The van der Waals surface area contributed by atoms with Gasteiger partial charge in [-0.1, -0.05) is 12.1 Å². The summed E-state index contributed by atoms with van der Waals surface area (Å²) in [5.41, 5.74) is 2.96. The van der Waals surface area contributed by atoms with E-state index < -0.39 is 58.4 Å². The number of aliphatic hydroxyl groups is 3. The average Bonchev–Trinajstić information content (AvgIpc) is 2.82. The fourth-order valence-electron chi connectivity index (χ4n) is 5.71. The Morgan fingerprint density at radius 3 is 2.39 bits per heavy atom. The lowest BCUT2D eigenvalue weighted by atomic mass is 9.59. The van der Waals surface area contributed by atoms with Crippen molar-refractivity contribution in [3.8, 4) is 22.6 Å². The maximum Gasteiger partial charge on any atom is 0.255 e. The summed E-state index contributed by atoms with van der Waals surface area (Å²) < 4.78 is 0. The molecule has 2 aromatic carbocycles. The van der Waals surface area contributed by atoms with Crippen LogP contribution >= 0.6 is 0 Å². The molecular weight excluding hydrogens is 470 g/mol. The van der Waals surface area contributed by atoms with Gasteiger partial charge in [0, 0.05) is 17.9 Å². The molecule has 0 bridgehead atoms. The first-order chi connectivity index (χ1) is 17.0. The first kappa shape index (κ1) is 23.3. The van der Waals surface area contributed by atoms with E-state index in [9.17, 15) is 44.7 Å². The van der Waals surface area contributed by atoms with Gasteiger partial charge in [-0.3, -0.25) is 19.2 Å². The molecule has 10 heteroatoms. The number of aromatic hydroxyl groups is 2. The smallest absolute Gasteiger partial charge is 0.255 e. The molecule has 5 rings (SSSR count). The molecule has 1 amide bonds. The molecule has 2 aromatic rings. The Morgan fingerprint density at radius 2 is 1.72 bits per heavy atom. The number of carbonyl (C=O) groups excluding carboxylic acids is 4. The molecule has 1 saturated carbocycles. The van der Waals surface area contributed by atoms with Crippen molar-refractivity contribution in [1.82, 2.24) is 0 Å². The molecule has 0 radical (unpaired) electrons. The highest BCUT2D eigenvalue weighted by molar-refractivity contribution is 6.22. The van der Waals surface area contributed by atoms with Crippen molar-refractivity contribution < 1.29 is 44.7 Å². The van der Waals surface area contributed by atoms with Crippen LogP contribution in [0.15, 0.2) is 47.2 Å². The summed E-state index contributed by atoms with van der Waals surface area (Å²) in [5.74, 6) is -7.19. The van der Waals surface area contributed by atoms with Gasteiger partial charge in [0.15, 0.2) is 17.7 Å². The molecule has 7 N–H and O–H groups in total. The molecule has 0 spiro atoms. The van der Waals surface area contributed by atoms with Gasteiger partial charge in [-0.15, -0.1) is 0 Å². The number of benzene rings is 2. The quantitative estimate of drug-likeness (QED) is 0.273. The third-order valence-electron chi connectivity index (χ3n) is 7.41. The van der Waals surface area contributed by atoms with E-state index in [-0.39, 0.29) is 41.0 Å². The van der Waals surface area contributed by atoms with E-state index >= 15 is 0 Å². The van der Waals surface area contributed by atoms with Crippen LogP contribution < -0.4 is 5.73 Å². The fourth-order valence-corrected chi connectivity index (χ4v) is 5.71. The Bertz CT molecular complexity index is 1470. The van der Waals surface area contributed by atoms with Crippen molar-refractivity contribution in [2.45, 2.75) is 24.9 Å². The minimum atomic E-state index is -2.63. The summed E-state index contributed by atoms with van der Waals surface area (Å²) >= 11 is 0. The highest BCUT2D eigenvalue weighted by atomic mass is 16.3. The number of hydrogen-bond acceptors (Lipinski definition) is 9. The number of ketones is 2. The van der Waals surface area contributed by atoms with Gasteiger partial charge in [0.25, 0.3) is 5.91 Å². The van der Waals surface area contributed by atoms with Gasteiger partial charge < -0.3 is 31.3 Å². The van der Waals surface area contributed by atoms with Gasteiger partial charge in [-0.05, 0) is 53.6 Å². The van der Waals surface area contributed by atoms with Crippen LogP contribution in [0.25, 0.3) is 16.9 Å². The van der Waals surface area contributed by atoms with Crippen LogP contribution in [-0.2, 0) is 20.8 Å². The summed E-state index contributed by atoms with van der Waals surface area (Å²) in [4.78, 5) is 49.0. The molecule has 184 valence electrons. The van der Waals surface area contributed by atoms with E-state index in [0.29, 0.717) is 23.0 Å². The van der Waals surface area contributed by atoms with Crippen LogP contribution in [-0.4, -0.2) is 54.9 Å². The lowest BCUT2D eigenvalue weighted by Crippen LogP contribution is -2.58. The van der Waals surface area contributed by atoms with Crippen LogP contribution in [0.2, 0.25) is 0 Å². The van der Waals surface area contributed by atoms with Crippen molar-refractivity contribution in [2.75, 3.05) is 0 Å². The fraction of sp³-hybridized carbons (Fsp3) is 0.231. The Morgan fingerprint density at radius 1 is 1.03 bits per heavy atom. The van der Waals surface area contributed by atoms with Crippen molar-refractivity contribution in [3.63, 3.8) is 0 Å². The van der Waals surface area contributed by atoms with Crippen molar-refractivity contribution >= 4 is 29.5 Å². The number of fused-ring (bicyclic) bond motifs is 3. The van der Waals surface area contributed by atoms with Gasteiger partial charge >= 0.3 is 0 Å². The van der Waals surface area contributed by atoms with E-state index in [1.54, 1.807) is 12.1 Å². The normalized spacial score (nSPS) is 25.2. The predicted molar refractivity (Wildman–Crippen MR) is 124 cm³/mol.